The SMILES string of the molecule is C1=Cc2c(/C3=C/C=C\CC4CC3Oc3ccc5ccccc5c34)ccc(-c3cnc4c5ccccc5c5ccccc5c4n3)c2C=CC1. The average Bonchev–Trinajstić information content (AvgIpc) is 3.40. The van der Waals surface area contributed by atoms with E-state index in [1.54, 1.807) is 0 Å². The van der Waals surface area contributed by atoms with E-state index >= 15 is 0 Å². The van der Waals surface area contributed by atoms with Crippen LogP contribution in [0.25, 0.3) is 72.3 Å². The third-order valence-corrected chi connectivity index (χ3v) is 10.4. The zero-order valence-electron chi connectivity index (χ0n) is 26.4. The second kappa shape index (κ2) is 10.9. The van der Waals surface area contributed by atoms with Gasteiger partial charge in [-0.2, -0.15) is 0 Å². The van der Waals surface area contributed by atoms with Crippen molar-refractivity contribution in [2.45, 2.75) is 31.3 Å². The first kappa shape index (κ1) is 27.3. The lowest BCUT2D eigenvalue weighted by molar-refractivity contribution is 0.210. The van der Waals surface area contributed by atoms with Crippen molar-refractivity contribution < 1.29 is 4.74 Å². The van der Waals surface area contributed by atoms with Crippen LogP contribution in [0, 0.1) is 0 Å². The van der Waals surface area contributed by atoms with Gasteiger partial charge >= 0.3 is 0 Å². The Morgan fingerprint density at radius 2 is 1.31 bits per heavy atom. The van der Waals surface area contributed by atoms with Gasteiger partial charge in [-0.25, -0.2) is 4.98 Å². The number of hydrogen-bond acceptors (Lipinski definition) is 3. The molecule has 2 atom stereocenters. The molecule has 0 spiro atoms. The van der Waals surface area contributed by atoms with Crippen LogP contribution in [-0.4, -0.2) is 16.1 Å². The zero-order valence-corrected chi connectivity index (χ0v) is 26.4. The van der Waals surface area contributed by atoms with Gasteiger partial charge in [0.2, 0.25) is 0 Å². The monoisotopic (exact) mass is 616 g/mol. The van der Waals surface area contributed by atoms with Crippen LogP contribution in [0.3, 0.4) is 0 Å². The average molecular weight is 617 g/mol. The molecule has 3 heteroatoms. The Morgan fingerprint density at radius 3 is 2.12 bits per heavy atom. The van der Waals surface area contributed by atoms with Gasteiger partial charge in [-0.15, -0.1) is 0 Å². The third kappa shape index (κ3) is 4.21. The normalized spacial score (nSPS) is 20.0. The number of benzene rings is 6. The Kier molecular flexibility index (Phi) is 6.20. The number of fused-ring (bicyclic) bond motifs is 13. The molecule has 2 bridgehead atoms. The van der Waals surface area contributed by atoms with Crippen molar-refractivity contribution in [3.8, 4) is 17.0 Å². The van der Waals surface area contributed by atoms with Crippen LogP contribution in [-0.2, 0) is 0 Å². The largest absolute Gasteiger partial charge is 0.485 e. The van der Waals surface area contributed by atoms with E-state index in [1.807, 2.05) is 6.20 Å². The second-order valence-electron chi connectivity index (χ2n) is 13.1. The second-order valence-corrected chi connectivity index (χ2v) is 13.1. The van der Waals surface area contributed by atoms with Gasteiger partial charge in [0, 0.05) is 27.5 Å². The summed E-state index contributed by atoms with van der Waals surface area (Å²) in [6.07, 6.45) is 20.7. The highest BCUT2D eigenvalue weighted by molar-refractivity contribution is 6.23. The lowest BCUT2D eigenvalue weighted by Crippen LogP contribution is -2.28. The van der Waals surface area contributed by atoms with Crippen LogP contribution in [0.4, 0.5) is 0 Å². The molecule has 1 aromatic heterocycles. The molecule has 0 fully saturated rings. The standard InChI is InChI=1S/C45H32N2O/c1-2-15-31-32(16-3-1)36(40-27-46-44-38-20-10-8-17-33(38)34-18-9-11-21-39(34)45(44)47-40)24-23-35(31)37-19-7-5-13-29-26-42(37)48-41-25-22-28-12-4-6-14-30(28)43(29)41/h2-12,14-25,27,29,42H,1,13,26H2/b7-5-,37-19-. The maximum atomic E-state index is 6.91. The predicted octanol–water partition coefficient (Wildman–Crippen LogP) is 11.5. The topological polar surface area (TPSA) is 35.0 Å². The Labute approximate surface area is 279 Å². The first-order valence-corrected chi connectivity index (χ1v) is 16.9. The van der Waals surface area contributed by atoms with Crippen molar-refractivity contribution in [3.05, 3.63) is 156 Å². The van der Waals surface area contributed by atoms with Gasteiger partial charge in [-0.3, -0.25) is 4.98 Å². The van der Waals surface area contributed by atoms with Crippen molar-refractivity contribution in [3.63, 3.8) is 0 Å². The molecular formula is C45H32N2O. The molecule has 10 rings (SSSR count). The maximum Gasteiger partial charge on any atom is 0.125 e. The van der Waals surface area contributed by atoms with E-state index in [2.05, 4.69) is 140 Å². The summed E-state index contributed by atoms with van der Waals surface area (Å²) >= 11 is 0. The van der Waals surface area contributed by atoms with E-state index in [0.717, 1.165) is 58.1 Å². The molecule has 2 unspecified atom stereocenters. The summed E-state index contributed by atoms with van der Waals surface area (Å²) in [5.74, 6) is 1.41. The Bertz CT molecular complexity index is 2550. The highest BCUT2D eigenvalue weighted by Crippen LogP contribution is 2.47. The molecule has 0 radical (unpaired) electrons. The fraction of sp³-hybridized carbons (Fsp3) is 0.111. The summed E-state index contributed by atoms with van der Waals surface area (Å²) in [4.78, 5) is 10.4. The molecular weight excluding hydrogens is 585 g/mol. The molecule has 3 aliphatic rings. The number of ether oxygens (including phenoxy) is 1. The van der Waals surface area contributed by atoms with Crippen LogP contribution in [0.15, 0.2) is 134 Å². The van der Waals surface area contributed by atoms with E-state index in [1.165, 1.54) is 49.4 Å². The molecule has 0 saturated heterocycles. The minimum Gasteiger partial charge on any atom is -0.485 e. The molecule has 7 aromatic rings. The summed E-state index contributed by atoms with van der Waals surface area (Å²) < 4.78 is 6.91. The highest BCUT2D eigenvalue weighted by Gasteiger charge is 2.33. The number of nitrogens with zero attached hydrogens (tertiary/aromatic N) is 2. The van der Waals surface area contributed by atoms with E-state index in [-0.39, 0.29) is 6.10 Å². The van der Waals surface area contributed by atoms with Crippen LogP contribution < -0.4 is 4.74 Å². The minimum atomic E-state index is -0.0377. The van der Waals surface area contributed by atoms with Gasteiger partial charge in [0.15, 0.2) is 0 Å². The maximum absolute atomic E-state index is 6.91. The smallest absolute Gasteiger partial charge is 0.125 e. The predicted molar refractivity (Wildman–Crippen MR) is 200 cm³/mol. The number of hydrogen-bond donors (Lipinski definition) is 0. The zero-order chi connectivity index (χ0) is 31.6. The van der Waals surface area contributed by atoms with Crippen LogP contribution in [0.5, 0.6) is 5.75 Å². The van der Waals surface area contributed by atoms with Crippen LogP contribution in [0.2, 0.25) is 0 Å². The van der Waals surface area contributed by atoms with Gasteiger partial charge in [0.05, 0.1) is 22.9 Å². The molecule has 3 nitrogen and oxygen atoms in total. The van der Waals surface area contributed by atoms with Crippen molar-refractivity contribution >= 4 is 61.1 Å². The lowest BCUT2D eigenvalue weighted by atomic mass is 9.79. The summed E-state index contributed by atoms with van der Waals surface area (Å²) in [6.45, 7) is 0. The Balaban J connectivity index is 1.13. The molecule has 48 heavy (non-hydrogen) atoms. The van der Waals surface area contributed by atoms with E-state index in [9.17, 15) is 0 Å². The summed E-state index contributed by atoms with van der Waals surface area (Å²) in [5, 5.41) is 7.25. The minimum absolute atomic E-state index is 0.0377. The van der Waals surface area contributed by atoms with E-state index in [4.69, 9.17) is 14.7 Å². The van der Waals surface area contributed by atoms with Crippen molar-refractivity contribution in [2.75, 3.05) is 0 Å². The van der Waals surface area contributed by atoms with Crippen LogP contribution in [0.1, 0.15) is 47.4 Å². The molecule has 6 aromatic carbocycles. The first-order valence-electron chi connectivity index (χ1n) is 16.9. The van der Waals surface area contributed by atoms with Crippen molar-refractivity contribution in [1.29, 1.82) is 0 Å². The van der Waals surface area contributed by atoms with E-state index < -0.39 is 0 Å². The van der Waals surface area contributed by atoms with Gasteiger partial charge < -0.3 is 4.74 Å². The highest BCUT2D eigenvalue weighted by atomic mass is 16.5. The lowest BCUT2D eigenvalue weighted by Gasteiger charge is -2.35. The summed E-state index contributed by atoms with van der Waals surface area (Å²) in [7, 11) is 0. The molecule has 0 N–H and O–H groups in total. The molecule has 2 aliphatic carbocycles. The van der Waals surface area contributed by atoms with Crippen LogP contribution >= 0.6 is 0 Å². The Morgan fingerprint density at radius 1 is 0.625 bits per heavy atom. The van der Waals surface area contributed by atoms with Gasteiger partial charge in [-0.1, -0.05) is 134 Å². The molecule has 0 saturated carbocycles. The molecule has 2 heterocycles. The first-order chi connectivity index (χ1) is 23.8. The molecule has 0 amide bonds. The quantitative estimate of drug-likeness (QED) is 0.181. The number of allylic oxidation sites excluding steroid dienone is 5. The Hall–Kier alpha value is -5.80. The van der Waals surface area contributed by atoms with E-state index in [0.29, 0.717) is 5.92 Å². The van der Waals surface area contributed by atoms with Crippen molar-refractivity contribution in [2.24, 2.45) is 0 Å². The molecule has 228 valence electrons. The summed E-state index contributed by atoms with van der Waals surface area (Å²) in [6, 6.07) is 34.7. The molecule has 1 aliphatic heterocycles. The van der Waals surface area contributed by atoms with Crippen molar-refractivity contribution in [1.82, 2.24) is 9.97 Å². The summed E-state index contributed by atoms with van der Waals surface area (Å²) in [5.41, 5.74) is 10.0. The third-order valence-electron chi connectivity index (χ3n) is 10.4. The fourth-order valence-electron chi connectivity index (χ4n) is 8.24. The van der Waals surface area contributed by atoms with Gasteiger partial charge in [0.25, 0.3) is 0 Å². The fourth-order valence-corrected chi connectivity index (χ4v) is 8.24. The van der Waals surface area contributed by atoms with Gasteiger partial charge in [-0.05, 0) is 69.5 Å². The van der Waals surface area contributed by atoms with Gasteiger partial charge in [0.1, 0.15) is 11.9 Å². The number of rotatable bonds is 2. The number of aromatic nitrogens is 2.